The van der Waals surface area contributed by atoms with Crippen LogP contribution in [0.5, 0.6) is 0 Å². The molecule has 0 fully saturated rings. The molecule has 4 heteroatoms. The van der Waals surface area contributed by atoms with Crippen molar-refractivity contribution in [2.75, 3.05) is 0 Å². The Kier molecular flexibility index (Phi) is 5.69. The molecule has 0 bridgehead atoms. The molecule has 0 aliphatic carbocycles. The number of halogens is 1. The van der Waals surface area contributed by atoms with E-state index in [2.05, 4.69) is 26.5 Å². The van der Waals surface area contributed by atoms with E-state index in [1.807, 2.05) is 61.5 Å². The van der Waals surface area contributed by atoms with Gasteiger partial charge in [0.1, 0.15) is 0 Å². The number of hydrogen-bond donors (Lipinski definition) is 1. The van der Waals surface area contributed by atoms with Gasteiger partial charge in [-0.2, -0.15) is 5.10 Å². The Balaban J connectivity index is 1.98. The summed E-state index contributed by atoms with van der Waals surface area (Å²) in [6.45, 7) is 2.00. The molecule has 1 unspecified atom stereocenters. The number of hydrazone groups is 1. The van der Waals surface area contributed by atoms with Crippen LogP contribution >= 0.6 is 15.9 Å². The van der Waals surface area contributed by atoms with Gasteiger partial charge >= 0.3 is 0 Å². The molecule has 0 spiro atoms. The molecule has 0 saturated carbocycles. The summed E-state index contributed by atoms with van der Waals surface area (Å²) in [7, 11) is 0. The summed E-state index contributed by atoms with van der Waals surface area (Å²) in [5.41, 5.74) is 4.56. The zero-order chi connectivity index (χ0) is 15.1. The molecule has 0 aliphatic heterocycles. The van der Waals surface area contributed by atoms with Gasteiger partial charge in [-0.25, -0.2) is 5.43 Å². The first-order valence-electron chi connectivity index (χ1n) is 6.84. The summed E-state index contributed by atoms with van der Waals surface area (Å²) in [6.07, 6.45) is 2.38. The van der Waals surface area contributed by atoms with E-state index in [4.69, 9.17) is 0 Å². The van der Waals surface area contributed by atoms with Crippen molar-refractivity contribution in [1.82, 2.24) is 5.43 Å². The van der Waals surface area contributed by atoms with Crippen LogP contribution in [-0.4, -0.2) is 12.1 Å². The third kappa shape index (κ3) is 4.53. The minimum atomic E-state index is -0.173. The molecule has 1 amide bonds. The van der Waals surface area contributed by atoms with Crippen LogP contribution < -0.4 is 5.43 Å². The van der Waals surface area contributed by atoms with Crippen LogP contribution in [0.3, 0.4) is 0 Å². The van der Waals surface area contributed by atoms with Gasteiger partial charge in [-0.1, -0.05) is 65.3 Å². The molecule has 0 saturated heterocycles. The van der Waals surface area contributed by atoms with Crippen molar-refractivity contribution in [3.63, 3.8) is 0 Å². The van der Waals surface area contributed by atoms with E-state index in [0.717, 1.165) is 22.0 Å². The molecular formula is C17H17BrN2O. The Bertz CT molecular complexity index is 608. The van der Waals surface area contributed by atoms with Crippen LogP contribution in [0, 0.1) is 0 Å². The van der Waals surface area contributed by atoms with Gasteiger partial charge in [-0.05, 0) is 29.7 Å². The van der Waals surface area contributed by atoms with E-state index in [9.17, 15) is 4.79 Å². The zero-order valence-corrected chi connectivity index (χ0v) is 13.4. The Morgan fingerprint density at radius 2 is 1.86 bits per heavy atom. The molecular weight excluding hydrogens is 328 g/mol. The predicted molar refractivity (Wildman–Crippen MR) is 89.4 cm³/mol. The summed E-state index contributed by atoms with van der Waals surface area (Å²) in [5, 5.41) is 4.03. The van der Waals surface area contributed by atoms with Gasteiger partial charge in [0.05, 0.1) is 12.1 Å². The lowest BCUT2D eigenvalue weighted by molar-refractivity contribution is -0.122. The molecule has 1 N–H and O–H groups in total. The van der Waals surface area contributed by atoms with E-state index in [1.165, 1.54) is 0 Å². The number of nitrogens with one attached hydrogen (secondary N) is 1. The Hall–Kier alpha value is -1.94. The fourth-order valence-corrected chi connectivity index (χ4v) is 2.32. The van der Waals surface area contributed by atoms with Crippen LogP contribution in [0.4, 0.5) is 0 Å². The topological polar surface area (TPSA) is 41.5 Å². The number of nitrogens with zero attached hydrogens (tertiary/aromatic N) is 1. The number of hydrogen-bond acceptors (Lipinski definition) is 2. The normalized spacial score (nSPS) is 12.3. The fraction of sp³-hybridized carbons (Fsp3) is 0.176. The maximum atomic E-state index is 12.2. The second kappa shape index (κ2) is 7.74. The minimum absolute atomic E-state index is 0.0861. The maximum absolute atomic E-state index is 12.2. The average Bonchev–Trinajstić information content (AvgIpc) is 2.51. The number of amides is 1. The van der Waals surface area contributed by atoms with Crippen LogP contribution in [0.1, 0.15) is 30.4 Å². The molecule has 108 valence electrons. The highest BCUT2D eigenvalue weighted by Gasteiger charge is 2.17. The van der Waals surface area contributed by atoms with Crippen molar-refractivity contribution >= 4 is 28.1 Å². The average molecular weight is 345 g/mol. The molecule has 0 heterocycles. The van der Waals surface area contributed by atoms with E-state index >= 15 is 0 Å². The van der Waals surface area contributed by atoms with E-state index in [0.29, 0.717) is 0 Å². The van der Waals surface area contributed by atoms with Crippen molar-refractivity contribution in [3.8, 4) is 0 Å². The molecule has 2 aromatic carbocycles. The highest BCUT2D eigenvalue weighted by Crippen LogP contribution is 2.19. The lowest BCUT2D eigenvalue weighted by Gasteiger charge is -2.12. The quantitative estimate of drug-likeness (QED) is 0.644. The molecule has 21 heavy (non-hydrogen) atoms. The van der Waals surface area contributed by atoms with Crippen LogP contribution in [-0.2, 0) is 4.79 Å². The summed E-state index contributed by atoms with van der Waals surface area (Å²) in [6, 6.07) is 17.5. The van der Waals surface area contributed by atoms with Crippen molar-refractivity contribution < 1.29 is 4.79 Å². The van der Waals surface area contributed by atoms with Crippen LogP contribution in [0.2, 0.25) is 0 Å². The summed E-state index contributed by atoms with van der Waals surface area (Å²) >= 11 is 3.38. The van der Waals surface area contributed by atoms with Gasteiger partial charge in [0.2, 0.25) is 5.91 Å². The van der Waals surface area contributed by atoms with Crippen LogP contribution in [0.15, 0.2) is 64.2 Å². The number of carbonyl (C=O) groups is 1. The molecule has 3 nitrogen and oxygen atoms in total. The second-order valence-electron chi connectivity index (χ2n) is 4.66. The summed E-state index contributed by atoms with van der Waals surface area (Å²) in [4.78, 5) is 12.2. The van der Waals surface area contributed by atoms with Crippen LogP contribution in [0.25, 0.3) is 0 Å². The standard InChI is InChI=1S/C17H17BrN2O/c1-2-16(14-6-4-3-5-7-14)17(21)20-19-12-13-8-10-15(18)11-9-13/h3-12,16H,2H2,1H3,(H,20,21)/b19-12+. The third-order valence-corrected chi connectivity index (χ3v) is 3.71. The Labute approximate surface area is 133 Å². The van der Waals surface area contributed by atoms with Gasteiger partial charge in [-0.3, -0.25) is 4.79 Å². The second-order valence-corrected chi connectivity index (χ2v) is 5.57. The molecule has 2 rings (SSSR count). The Morgan fingerprint density at radius 3 is 2.48 bits per heavy atom. The minimum Gasteiger partial charge on any atom is -0.272 e. The van der Waals surface area contributed by atoms with Gasteiger partial charge in [0.15, 0.2) is 0 Å². The summed E-state index contributed by atoms with van der Waals surface area (Å²) in [5.74, 6) is -0.259. The lowest BCUT2D eigenvalue weighted by atomic mass is 9.96. The monoisotopic (exact) mass is 344 g/mol. The predicted octanol–water partition coefficient (Wildman–Crippen LogP) is 4.09. The number of rotatable bonds is 5. The Morgan fingerprint density at radius 1 is 1.19 bits per heavy atom. The van der Waals surface area contributed by atoms with Gasteiger partial charge in [0.25, 0.3) is 0 Å². The summed E-state index contributed by atoms with van der Waals surface area (Å²) < 4.78 is 1.01. The van der Waals surface area contributed by atoms with Gasteiger partial charge in [0, 0.05) is 4.47 Å². The van der Waals surface area contributed by atoms with Crippen molar-refractivity contribution in [1.29, 1.82) is 0 Å². The lowest BCUT2D eigenvalue weighted by Crippen LogP contribution is -2.25. The van der Waals surface area contributed by atoms with E-state index in [1.54, 1.807) is 6.21 Å². The van der Waals surface area contributed by atoms with Crippen molar-refractivity contribution in [3.05, 3.63) is 70.2 Å². The first-order valence-corrected chi connectivity index (χ1v) is 7.63. The van der Waals surface area contributed by atoms with E-state index in [-0.39, 0.29) is 11.8 Å². The molecule has 0 radical (unpaired) electrons. The first kappa shape index (κ1) is 15.4. The first-order chi connectivity index (χ1) is 10.2. The van der Waals surface area contributed by atoms with Crippen molar-refractivity contribution in [2.45, 2.75) is 19.3 Å². The highest BCUT2D eigenvalue weighted by atomic mass is 79.9. The SMILES string of the molecule is CCC(C(=O)N/N=C/c1ccc(Br)cc1)c1ccccc1. The van der Waals surface area contributed by atoms with Crippen molar-refractivity contribution in [2.24, 2.45) is 5.10 Å². The number of carbonyl (C=O) groups excluding carboxylic acids is 1. The zero-order valence-electron chi connectivity index (χ0n) is 11.8. The molecule has 2 aromatic rings. The highest BCUT2D eigenvalue weighted by molar-refractivity contribution is 9.10. The van der Waals surface area contributed by atoms with Gasteiger partial charge in [-0.15, -0.1) is 0 Å². The van der Waals surface area contributed by atoms with E-state index < -0.39 is 0 Å². The molecule has 0 aliphatic rings. The molecule has 0 aromatic heterocycles. The third-order valence-electron chi connectivity index (χ3n) is 3.19. The molecule has 1 atom stereocenters. The largest absolute Gasteiger partial charge is 0.272 e. The smallest absolute Gasteiger partial charge is 0.247 e. The fourth-order valence-electron chi connectivity index (χ4n) is 2.06. The van der Waals surface area contributed by atoms with Gasteiger partial charge < -0.3 is 0 Å². The maximum Gasteiger partial charge on any atom is 0.247 e. The number of benzene rings is 2.